The maximum absolute atomic E-state index is 12.9. The molecule has 5 atom stereocenters. The average molecular weight is 643 g/mol. The Kier molecular flexibility index (Phi) is 5.60. The van der Waals surface area contributed by atoms with Crippen LogP contribution >= 0.6 is 101 Å². The van der Waals surface area contributed by atoms with Crippen molar-refractivity contribution in [2.75, 3.05) is 0 Å². The van der Waals surface area contributed by atoms with Gasteiger partial charge in [-0.2, -0.15) is 0 Å². The molecule has 0 radical (unpaired) electrons. The Morgan fingerprint density at radius 1 is 1.00 bits per heavy atom. The third-order valence-corrected chi connectivity index (χ3v) is 12.1. The Bertz CT molecular complexity index is 854. The quantitative estimate of drug-likeness (QED) is 0.318. The molecule has 3 N–H and O–H groups in total. The largest absolute Gasteiger partial charge is 0.481 e. The summed E-state index contributed by atoms with van der Waals surface area (Å²) in [5.74, 6) is -6.34. The van der Waals surface area contributed by atoms with Crippen molar-refractivity contribution in [1.82, 2.24) is 10.9 Å². The van der Waals surface area contributed by atoms with E-state index >= 15 is 0 Å². The van der Waals surface area contributed by atoms with E-state index in [1.54, 1.807) is 6.92 Å². The Hall–Kier alpha value is 0.850. The summed E-state index contributed by atoms with van der Waals surface area (Å²) in [5.41, 5.74) is 3.58. The van der Waals surface area contributed by atoms with E-state index in [9.17, 15) is 19.5 Å². The van der Waals surface area contributed by atoms with E-state index < -0.39 is 52.3 Å². The normalized spacial score (nSPS) is 42.3. The maximum Gasteiger partial charge on any atom is 0.309 e. The van der Waals surface area contributed by atoms with Crippen LogP contribution in [0.4, 0.5) is 0 Å². The molecule has 2 amide bonds. The summed E-state index contributed by atoms with van der Waals surface area (Å²) in [6, 6.07) is 0. The van der Waals surface area contributed by atoms with Gasteiger partial charge in [0.15, 0.2) is 4.33 Å². The SMILES string of the molecule is C[C@@]1(C(=O)NNC(=O)[C@H]2[C@H](C(=O)O)[C@]3(Cl)C(Cl)=C(Cl)[C@]2(Cl)C3(Cl)Cl)CC1(Br)Br. The summed E-state index contributed by atoms with van der Waals surface area (Å²) >= 11 is 44.5. The second-order valence-electron chi connectivity index (χ2n) is 7.08. The van der Waals surface area contributed by atoms with E-state index in [1.807, 2.05) is 0 Å². The second kappa shape index (κ2) is 6.67. The van der Waals surface area contributed by atoms with Crippen molar-refractivity contribution in [3.63, 3.8) is 0 Å². The molecule has 2 fully saturated rings. The molecule has 3 aliphatic rings. The van der Waals surface area contributed by atoms with Crippen LogP contribution in [0, 0.1) is 17.3 Å². The molecular weight excluding hydrogens is 633 g/mol. The zero-order valence-corrected chi connectivity index (χ0v) is 21.3. The number of carboxylic acid groups (broad SMARTS) is 1. The number of amides is 2. The van der Waals surface area contributed by atoms with Crippen LogP contribution in [0.15, 0.2) is 10.1 Å². The summed E-state index contributed by atoms with van der Waals surface area (Å²) in [4.78, 5) is 32.9. The topological polar surface area (TPSA) is 95.5 Å². The molecule has 0 aliphatic heterocycles. The predicted octanol–water partition coefficient (Wildman–Crippen LogP) is 4.19. The van der Waals surface area contributed by atoms with Gasteiger partial charge in [-0.25, -0.2) is 0 Å². The van der Waals surface area contributed by atoms with E-state index in [1.165, 1.54) is 0 Å². The Balaban J connectivity index is 1.92. The number of carboxylic acids is 1. The predicted molar refractivity (Wildman–Crippen MR) is 115 cm³/mol. The van der Waals surface area contributed by atoms with Crippen molar-refractivity contribution < 1.29 is 19.5 Å². The lowest BCUT2D eigenvalue weighted by Gasteiger charge is -2.33. The van der Waals surface area contributed by atoms with Gasteiger partial charge in [0.25, 0.3) is 0 Å². The molecule has 28 heavy (non-hydrogen) atoms. The number of aliphatic carboxylic acids is 1. The molecule has 14 heteroatoms. The fourth-order valence-corrected chi connectivity index (χ4v) is 8.02. The van der Waals surface area contributed by atoms with Crippen molar-refractivity contribution >= 4 is 119 Å². The highest BCUT2D eigenvalue weighted by atomic mass is 79.9. The smallest absolute Gasteiger partial charge is 0.309 e. The lowest BCUT2D eigenvalue weighted by molar-refractivity contribution is -0.147. The minimum Gasteiger partial charge on any atom is -0.481 e. The van der Waals surface area contributed by atoms with Crippen LogP contribution < -0.4 is 10.9 Å². The number of allylic oxidation sites excluding steroid dienone is 2. The minimum absolute atomic E-state index is 0.325. The van der Waals surface area contributed by atoms with Gasteiger partial charge in [0.1, 0.15) is 9.75 Å². The third kappa shape index (κ3) is 2.61. The number of fused-ring (bicyclic) bond motifs is 2. The Morgan fingerprint density at radius 2 is 1.43 bits per heavy atom. The Morgan fingerprint density at radius 3 is 1.82 bits per heavy atom. The van der Waals surface area contributed by atoms with Crippen molar-refractivity contribution in [2.24, 2.45) is 17.3 Å². The van der Waals surface area contributed by atoms with Gasteiger partial charge in [0.05, 0.1) is 30.5 Å². The van der Waals surface area contributed by atoms with Crippen LogP contribution in [0.2, 0.25) is 0 Å². The Labute approximate surface area is 206 Å². The molecule has 0 saturated heterocycles. The van der Waals surface area contributed by atoms with Crippen molar-refractivity contribution in [2.45, 2.75) is 30.7 Å². The van der Waals surface area contributed by atoms with Gasteiger partial charge < -0.3 is 5.11 Å². The van der Waals surface area contributed by atoms with Crippen molar-refractivity contribution in [3.8, 4) is 0 Å². The number of nitrogens with one attached hydrogen (secondary N) is 2. The van der Waals surface area contributed by atoms with E-state index in [-0.39, 0.29) is 10.1 Å². The first-order valence-electron chi connectivity index (χ1n) is 7.54. The highest BCUT2D eigenvalue weighted by Crippen LogP contribution is 2.76. The van der Waals surface area contributed by atoms with E-state index in [4.69, 9.17) is 69.6 Å². The first kappa shape index (κ1) is 23.5. The fourth-order valence-electron chi connectivity index (χ4n) is 3.61. The number of hydrazine groups is 1. The van der Waals surface area contributed by atoms with Gasteiger partial charge in [-0.05, 0) is 13.3 Å². The molecule has 0 aromatic rings. The summed E-state index contributed by atoms with van der Waals surface area (Å²) < 4.78 is -2.82. The maximum atomic E-state index is 12.9. The fraction of sp³-hybridized carbons (Fsp3) is 0.643. The molecule has 6 nitrogen and oxygen atoms in total. The summed E-state index contributed by atoms with van der Waals surface area (Å²) in [5, 5.41) is 9.02. The molecule has 3 rings (SSSR count). The van der Waals surface area contributed by atoms with E-state index in [0.29, 0.717) is 6.42 Å². The first-order chi connectivity index (χ1) is 12.5. The van der Waals surface area contributed by atoms with Crippen molar-refractivity contribution in [1.29, 1.82) is 0 Å². The number of hydrogen-bond donors (Lipinski definition) is 3. The van der Waals surface area contributed by atoms with Crippen LogP contribution in [0.1, 0.15) is 13.3 Å². The molecule has 156 valence electrons. The lowest BCUT2D eigenvalue weighted by atomic mass is 9.81. The third-order valence-electron chi connectivity index (χ3n) is 5.54. The molecule has 0 unspecified atom stereocenters. The summed E-state index contributed by atoms with van der Waals surface area (Å²) in [7, 11) is 0. The number of halogens is 8. The molecule has 2 saturated carbocycles. The summed E-state index contributed by atoms with van der Waals surface area (Å²) in [6.07, 6.45) is 0.462. The van der Waals surface area contributed by atoms with Crippen LogP contribution in [0.5, 0.6) is 0 Å². The van der Waals surface area contributed by atoms with Crippen LogP contribution in [-0.4, -0.2) is 40.2 Å². The van der Waals surface area contributed by atoms with Gasteiger partial charge in [0, 0.05) is 0 Å². The molecule has 0 aromatic heterocycles. The molecular formula is C14H10Br2Cl6N2O4. The van der Waals surface area contributed by atoms with Crippen LogP contribution in [-0.2, 0) is 14.4 Å². The van der Waals surface area contributed by atoms with Crippen molar-refractivity contribution in [3.05, 3.63) is 10.1 Å². The van der Waals surface area contributed by atoms with Gasteiger partial charge >= 0.3 is 5.97 Å². The monoisotopic (exact) mass is 638 g/mol. The molecule has 3 aliphatic carbocycles. The molecule has 2 bridgehead atoms. The van der Waals surface area contributed by atoms with Crippen LogP contribution in [0.3, 0.4) is 0 Å². The second-order valence-corrected chi connectivity index (χ2v) is 14.1. The molecule has 0 spiro atoms. The van der Waals surface area contributed by atoms with Gasteiger partial charge in [-0.1, -0.05) is 78.3 Å². The van der Waals surface area contributed by atoms with Gasteiger partial charge in [0.2, 0.25) is 11.8 Å². The number of carbonyl (C=O) groups is 3. The number of alkyl halides is 6. The van der Waals surface area contributed by atoms with Crippen LogP contribution in [0.25, 0.3) is 0 Å². The average Bonchev–Trinajstić information content (AvgIpc) is 3.03. The van der Waals surface area contributed by atoms with Gasteiger partial charge in [-0.15, -0.1) is 23.2 Å². The highest BCUT2D eigenvalue weighted by molar-refractivity contribution is 9.25. The zero-order chi connectivity index (χ0) is 21.7. The number of hydrogen-bond acceptors (Lipinski definition) is 3. The summed E-state index contributed by atoms with van der Waals surface area (Å²) in [6.45, 7) is 1.66. The first-order valence-corrected chi connectivity index (χ1v) is 11.4. The van der Waals surface area contributed by atoms with E-state index in [2.05, 4.69) is 42.7 Å². The van der Waals surface area contributed by atoms with Gasteiger partial charge in [-0.3, -0.25) is 25.2 Å². The standard InChI is InChI=1S/C14H10Br2Cl6N2O4/c1-10(2-11(10,15)16)9(28)24-23-7(25)3-4(8(26)27)13(20)6(18)5(17)12(3,19)14(13,21)22/h3-4H,2H2,1H3,(H,23,25)(H,24,28)(H,26,27)/t3-,4-,10+,12+,13+/m1/s1. The zero-order valence-electron chi connectivity index (χ0n) is 13.6. The number of rotatable bonds is 3. The molecule has 0 heterocycles. The van der Waals surface area contributed by atoms with E-state index in [0.717, 1.165) is 0 Å². The lowest BCUT2D eigenvalue weighted by Crippen LogP contribution is -2.54. The minimum atomic E-state index is -2.21. The molecule has 0 aromatic carbocycles. The number of carbonyl (C=O) groups excluding carboxylic acids is 2. The highest BCUT2D eigenvalue weighted by Gasteiger charge is 2.85.